The first kappa shape index (κ1) is 19.4. The monoisotopic (exact) mass is 427 g/mol. The van der Waals surface area contributed by atoms with Gasteiger partial charge in [-0.05, 0) is 41.0 Å². The fraction of sp³-hybridized carbons (Fsp3) is 0.474. The zero-order valence-corrected chi connectivity index (χ0v) is 17.0. The average molecular weight is 427 g/mol. The molecule has 31 heavy (non-hydrogen) atoms. The number of rotatable bonds is 5. The summed E-state index contributed by atoms with van der Waals surface area (Å²) < 4.78 is 23.5. The second-order valence-electron chi connectivity index (χ2n) is 7.70. The third kappa shape index (κ3) is 3.57. The molecule has 0 unspecified atom stereocenters. The highest BCUT2D eigenvalue weighted by Gasteiger charge is 2.33. The summed E-state index contributed by atoms with van der Waals surface area (Å²) in [4.78, 5) is 15.7. The number of cyclic esters (lactones) is 1. The molecular formula is C19H22FN9O2. The van der Waals surface area contributed by atoms with Crippen LogP contribution in [0.25, 0.3) is 0 Å². The Morgan fingerprint density at radius 3 is 2.65 bits per heavy atom. The molecule has 11 nitrogen and oxygen atoms in total. The maximum Gasteiger partial charge on any atom is 0.411 e. The number of aromatic nitrogens is 7. The van der Waals surface area contributed by atoms with Crippen LogP contribution < -0.4 is 4.90 Å². The molecule has 1 atom stereocenters. The molecule has 0 radical (unpaired) electrons. The molecule has 12 heteroatoms. The smallest absolute Gasteiger partial charge is 0.411 e. The van der Waals surface area contributed by atoms with E-state index in [1.807, 2.05) is 18.0 Å². The number of anilines is 1. The van der Waals surface area contributed by atoms with Gasteiger partial charge in [0.2, 0.25) is 0 Å². The van der Waals surface area contributed by atoms with Gasteiger partial charge in [-0.1, -0.05) is 11.3 Å². The standard InChI is InChI=1S/C19H22FN9O2/c1-26-17(22-23-25-26)13-4-7-27(8-5-13)16-3-2-14(12-15(16)20)18(29-9-6-21-24-29)28-10-11-31-19(28)30/h2-3,6,9,12-13,18H,4-5,7-8,10-11H2,1H3/t18-/m1/s1. The van der Waals surface area contributed by atoms with Crippen molar-refractivity contribution in [3.05, 3.63) is 47.8 Å². The number of carbonyl (C=O) groups excluding carboxylic acids is 1. The highest BCUT2D eigenvalue weighted by molar-refractivity contribution is 5.70. The van der Waals surface area contributed by atoms with Crippen molar-refractivity contribution in [3.63, 3.8) is 0 Å². The van der Waals surface area contributed by atoms with Crippen LogP contribution in [-0.4, -0.2) is 72.4 Å². The van der Waals surface area contributed by atoms with Gasteiger partial charge in [-0.25, -0.2) is 18.5 Å². The lowest BCUT2D eigenvalue weighted by molar-refractivity contribution is 0.139. The van der Waals surface area contributed by atoms with E-state index in [-0.39, 0.29) is 11.7 Å². The van der Waals surface area contributed by atoms with Crippen molar-refractivity contribution in [2.75, 3.05) is 31.1 Å². The van der Waals surface area contributed by atoms with E-state index in [1.54, 1.807) is 16.9 Å². The minimum atomic E-state index is -0.616. The maximum atomic E-state index is 15.2. The number of aryl methyl sites for hydroxylation is 1. The van der Waals surface area contributed by atoms with Crippen LogP contribution in [0.5, 0.6) is 0 Å². The summed E-state index contributed by atoms with van der Waals surface area (Å²) in [7, 11) is 1.84. The van der Waals surface area contributed by atoms with Gasteiger partial charge in [0.05, 0.1) is 18.4 Å². The van der Waals surface area contributed by atoms with Crippen molar-refractivity contribution in [1.82, 2.24) is 40.1 Å². The molecule has 2 fully saturated rings. The second-order valence-corrected chi connectivity index (χ2v) is 7.70. The van der Waals surface area contributed by atoms with Gasteiger partial charge >= 0.3 is 6.09 Å². The van der Waals surface area contributed by atoms with Gasteiger partial charge in [-0.15, -0.1) is 10.2 Å². The van der Waals surface area contributed by atoms with E-state index in [1.165, 1.54) is 21.8 Å². The zero-order valence-electron chi connectivity index (χ0n) is 17.0. The Morgan fingerprint density at radius 2 is 2.03 bits per heavy atom. The quantitative estimate of drug-likeness (QED) is 0.600. The Labute approximate surface area is 177 Å². The summed E-state index contributed by atoms with van der Waals surface area (Å²) >= 11 is 0. The van der Waals surface area contributed by atoms with Crippen LogP contribution >= 0.6 is 0 Å². The Balaban J connectivity index is 1.36. The molecule has 2 saturated heterocycles. The number of halogens is 1. The van der Waals surface area contributed by atoms with Crippen LogP contribution in [0.15, 0.2) is 30.6 Å². The van der Waals surface area contributed by atoms with Gasteiger partial charge < -0.3 is 9.64 Å². The molecule has 2 aromatic heterocycles. The first-order valence-electron chi connectivity index (χ1n) is 10.2. The lowest BCUT2D eigenvalue weighted by Crippen LogP contribution is -2.35. The van der Waals surface area contributed by atoms with Crippen molar-refractivity contribution in [2.45, 2.75) is 24.9 Å². The number of nitrogens with zero attached hydrogens (tertiary/aromatic N) is 9. The third-order valence-electron chi connectivity index (χ3n) is 5.90. The van der Waals surface area contributed by atoms with Crippen LogP contribution in [-0.2, 0) is 11.8 Å². The fourth-order valence-electron chi connectivity index (χ4n) is 4.35. The first-order chi connectivity index (χ1) is 15.1. The molecule has 2 aliphatic heterocycles. The third-order valence-corrected chi connectivity index (χ3v) is 5.90. The van der Waals surface area contributed by atoms with E-state index in [2.05, 4.69) is 25.8 Å². The lowest BCUT2D eigenvalue weighted by atomic mass is 9.95. The number of carbonyl (C=O) groups is 1. The van der Waals surface area contributed by atoms with Crippen LogP contribution in [0.2, 0.25) is 0 Å². The van der Waals surface area contributed by atoms with Crippen molar-refractivity contribution in [3.8, 4) is 0 Å². The van der Waals surface area contributed by atoms with Crippen LogP contribution in [0, 0.1) is 5.82 Å². The summed E-state index contributed by atoms with van der Waals surface area (Å²) in [6.07, 6.45) is 3.79. The molecule has 3 aromatic rings. The molecule has 1 amide bonds. The molecule has 4 heterocycles. The molecule has 162 valence electrons. The largest absolute Gasteiger partial charge is 0.447 e. The van der Waals surface area contributed by atoms with Crippen molar-refractivity contribution in [2.24, 2.45) is 7.05 Å². The molecule has 0 saturated carbocycles. The molecule has 5 rings (SSSR count). The van der Waals surface area contributed by atoms with E-state index in [0.29, 0.717) is 37.5 Å². The van der Waals surface area contributed by atoms with Crippen molar-refractivity contribution >= 4 is 11.8 Å². The SMILES string of the molecule is Cn1nnnc1C1CCN(c2ccc([C@H](N3CCOC3=O)n3ccnn3)cc2F)CC1. The van der Waals surface area contributed by atoms with Gasteiger partial charge in [-0.2, -0.15) is 0 Å². The van der Waals surface area contributed by atoms with Crippen LogP contribution in [0.4, 0.5) is 14.9 Å². The Kier molecular flexibility index (Phi) is 4.96. The highest BCUT2D eigenvalue weighted by Crippen LogP contribution is 2.33. The molecule has 1 aromatic carbocycles. The molecule has 0 N–H and O–H groups in total. The van der Waals surface area contributed by atoms with Crippen molar-refractivity contribution in [1.29, 1.82) is 0 Å². The number of amides is 1. The second kappa shape index (κ2) is 7.93. The predicted octanol–water partition coefficient (Wildman–Crippen LogP) is 1.32. The van der Waals surface area contributed by atoms with Gasteiger partial charge in [0.15, 0.2) is 12.0 Å². The van der Waals surface area contributed by atoms with Gasteiger partial charge in [0.1, 0.15) is 12.4 Å². The highest BCUT2D eigenvalue weighted by atomic mass is 19.1. The normalized spacial score (nSPS) is 18.5. The number of hydrogen-bond donors (Lipinski definition) is 0. The predicted molar refractivity (Wildman–Crippen MR) is 106 cm³/mol. The number of piperidine rings is 1. The minimum absolute atomic E-state index is 0.261. The molecule has 0 bridgehead atoms. The Morgan fingerprint density at radius 1 is 1.19 bits per heavy atom. The Bertz CT molecular complexity index is 1060. The van der Waals surface area contributed by atoms with E-state index < -0.39 is 12.3 Å². The number of hydrogen-bond acceptors (Lipinski definition) is 8. The molecular weight excluding hydrogens is 405 g/mol. The number of tetrazole rings is 1. The van der Waals surface area contributed by atoms with E-state index in [0.717, 1.165) is 18.7 Å². The molecule has 0 aliphatic carbocycles. The van der Waals surface area contributed by atoms with Gasteiger partial charge in [0.25, 0.3) is 0 Å². The zero-order chi connectivity index (χ0) is 21.4. The van der Waals surface area contributed by atoms with Gasteiger partial charge in [-0.3, -0.25) is 4.90 Å². The lowest BCUT2D eigenvalue weighted by Gasteiger charge is -2.33. The summed E-state index contributed by atoms with van der Waals surface area (Å²) in [6.45, 7) is 2.11. The topological polar surface area (TPSA) is 107 Å². The van der Waals surface area contributed by atoms with E-state index in [4.69, 9.17) is 4.74 Å². The molecule has 2 aliphatic rings. The average Bonchev–Trinajstić information content (AvgIpc) is 3.53. The van der Waals surface area contributed by atoms with Crippen LogP contribution in [0.3, 0.4) is 0 Å². The maximum absolute atomic E-state index is 15.2. The molecule has 0 spiro atoms. The number of benzene rings is 1. The summed E-state index contributed by atoms with van der Waals surface area (Å²) in [5, 5.41) is 19.6. The van der Waals surface area contributed by atoms with Crippen LogP contribution in [0.1, 0.15) is 36.3 Å². The summed E-state index contributed by atoms with van der Waals surface area (Å²) in [6, 6.07) is 5.06. The minimum Gasteiger partial charge on any atom is -0.447 e. The van der Waals surface area contributed by atoms with E-state index in [9.17, 15) is 4.79 Å². The first-order valence-corrected chi connectivity index (χ1v) is 10.2. The van der Waals surface area contributed by atoms with E-state index >= 15 is 4.39 Å². The fourth-order valence-corrected chi connectivity index (χ4v) is 4.35. The Hall–Kier alpha value is -3.57. The summed E-state index contributed by atoms with van der Waals surface area (Å²) in [5.41, 5.74) is 1.14. The summed E-state index contributed by atoms with van der Waals surface area (Å²) in [5.74, 6) is 0.786. The van der Waals surface area contributed by atoms with Crippen molar-refractivity contribution < 1.29 is 13.9 Å². The number of ether oxygens (including phenoxy) is 1. The van der Waals surface area contributed by atoms with Gasteiger partial charge in [0, 0.05) is 32.3 Å².